The van der Waals surface area contributed by atoms with Crippen LogP contribution in [0.2, 0.25) is 0 Å². The fraction of sp³-hybridized carbons (Fsp3) is 0.350. The molecule has 1 unspecified atom stereocenters. The molecule has 0 amide bonds. The van der Waals surface area contributed by atoms with Crippen molar-refractivity contribution in [1.82, 2.24) is 0 Å². The molecular weight excluding hydrogens is 352 g/mol. The lowest BCUT2D eigenvalue weighted by atomic mass is 9.97. The molecule has 2 aromatic rings. The summed E-state index contributed by atoms with van der Waals surface area (Å²) < 4.78 is 28.6. The summed E-state index contributed by atoms with van der Waals surface area (Å²) >= 11 is 0. The molecule has 6 heteroatoms. The highest BCUT2D eigenvalue weighted by atomic mass is 32.2. The number of carboxylic acid groups (broad SMARTS) is 1. The lowest BCUT2D eigenvalue weighted by Crippen LogP contribution is -2.15. The Kier molecular flexibility index (Phi) is 6.80. The molecule has 0 aliphatic rings. The minimum Gasteiger partial charge on any atom is -0.493 e. The monoisotopic (exact) mass is 376 g/mol. The second kappa shape index (κ2) is 8.85. The largest absolute Gasteiger partial charge is 0.493 e. The van der Waals surface area contributed by atoms with Gasteiger partial charge in [-0.1, -0.05) is 31.2 Å². The highest BCUT2D eigenvalue weighted by Gasteiger charge is 2.15. The van der Waals surface area contributed by atoms with Crippen LogP contribution >= 0.6 is 0 Å². The molecule has 0 heterocycles. The Labute approximate surface area is 154 Å². The van der Waals surface area contributed by atoms with Crippen molar-refractivity contribution in [1.29, 1.82) is 0 Å². The molecule has 0 bridgehead atoms. The van der Waals surface area contributed by atoms with Gasteiger partial charge in [0.15, 0.2) is 9.84 Å². The number of hydrogen-bond acceptors (Lipinski definition) is 4. The van der Waals surface area contributed by atoms with E-state index in [-0.39, 0.29) is 5.92 Å². The van der Waals surface area contributed by atoms with Crippen molar-refractivity contribution in [2.75, 3.05) is 12.9 Å². The van der Waals surface area contributed by atoms with Crippen molar-refractivity contribution in [3.05, 3.63) is 59.7 Å². The van der Waals surface area contributed by atoms with E-state index in [0.717, 1.165) is 16.9 Å². The van der Waals surface area contributed by atoms with Gasteiger partial charge in [-0.15, -0.1) is 0 Å². The Morgan fingerprint density at radius 3 is 2.12 bits per heavy atom. The van der Waals surface area contributed by atoms with E-state index in [9.17, 15) is 13.2 Å². The first-order valence-corrected chi connectivity index (χ1v) is 10.4. The predicted molar refractivity (Wildman–Crippen MR) is 100 cm³/mol. The number of aliphatic carboxylic acids is 1. The molecule has 1 N–H and O–H groups in total. The summed E-state index contributed by atoms with van der Waals surface area (Å²) in [6.45, 7) is 2.35. The van der Waals surface area contributed by atoms with Gasteiger partial charge in [0.05, 0.1) is 17.4 Å². The lowest BCUT2D eigenvalue weighted by molar-refractivity contribution is -0.141. The number of carboxylic acids is 1. The van der Waals surface area contributed by atoms with Crippen molar-refractivity contribution in [2.24, 2.45) is 5.92 Å². The van der Waals surface area contributed by atoms with Crippen LogP contribution < -0.4 is 4.74 Å². The van der Waals surface area contributed by atoms with E-state index in [1.165, 1.54) is 6.26 Å². The zero-order chi connectivity index (χ0) is 19.2. The summed E-state index contributed by atoms with van der Waals surface area (Å²) in [6.07, 6.45) is 2.97. The number of ether oxygens (including phenoxy) is 1. The Balaban J connectivity index is 1.85. The zero-order valence-electron chi connectivity index (χ0n) is 15.0. The first-order valence-electron chi connectivity index (χ1n) is 8.53. The van der Waals surface area contributed by atoms with Gasteiger partial charge in [0.1, 0.15) is 5.75 Å². The average molecular weight is 376 g/mol. The van der Waals surface area contributed by atoms with Gasteiger partial charge in [0.2, 0.25) is 0 Å². The molecule has 0 aliphatic carbocycles. The second-order valence-electron chi connectivity index (χ2n) is 6.31. The molecule has 0 aromatic heterocycles. The molecular formula is C20H24O5S. The Hall–Kier alpha value is -2.34. The minimum absolute atomic E-state index is 0.310. The van der Waals surface area contributed by atoms with Crippen LogP contribution in [0.4, 0.5) is 0 Å². The number of sulfone groups is 1. The molecule has 140 valence electrons. The summed E-state index contributed by atoms with van der Waals surface area (Å²) in [5, 5.41) is 9.12. The van der Waals surface area contributed by atoms with Crippen LogP contribution in [-0.2, 0) is 27.5 Å². The van der Waals surface area contributed by atoms with Crippen molar-refractivity contribution < 1.29 is 23.1 Å². The van der Waals surface area contributed by atoms with E-state index in [4.69, 9.17) is 9.84 Å². The molecule has 2 aromatic carbocycles. The van der Waals surface area contributed by atoms with E-state index in [2.05, 4.69) is 0 Å². The maximum absolute atomic E-state index is 11.4. The third-order valence-electron chi connectivity index (χ3n) is 4.26. The van der Waals surface area contributed by atoms with Crippen LogP contribution in [0.15, 0.2) is 53.4 Å². The molecule has 5 nitrogen and oxygen atoms in total. The summed E-state index contributed by atoms with van der Waals surface area (Å²) in [5.74, 6) is -0.406. The Morgan fingerprint density at radius 1 is 1.04 bits per heavy atom. The number of carbonyl (C=O) groups is 1. The predicted octanol–water partition coefficient (Wildman–Crippen LogP) is 3.36. The van der Waals surface area contributed by atoms with Crippen LogP contribution in [0.5, 0.6) is 5.75 Å². The molecule has 0 fully saturated rings. The SMILES string of the molecule is CCC(Cc1ccc(OCCc2ccc(S(C)(=O)=O)cc2)cc1)C(=O)O. The van der Waals surface area contributed by atoms with Gasteiger partial charge >= 0.3 is 5.97 Å². The molecule has 0 saturated heterocycles. The number of benzene rings is 2. The van der Waals surface area contributed by atoms with Gasteiger partial charge in [-0.25, -0.2) is 8.42 Å². The topological polar surface area (TPSA) is 80.7 Å². The van der Waals surface area contributed by atoms with E-state index in [0.29, 0.717) is 30.8 Å². The molecule has 26 heavy (non-hydrogen) atoms. The normalized spacial score (nSPS) is 12.5. The van der Waals surface area contributed by atoms with Gasteiger partial charge in [-0.05, 0) is 48.2 Å². The van der Waals surface area contributed by atoms with Crippen molar-refractivity contribution in [2.45, 2.75) is 31.1 Å². The van der Waals surface area contributed by atoms with Crippen LogP contribution in [0.3, 0.4) is 0 Å². The van der Waals surface area contributed by atoms with Crippen LogP contribution in [0.1, 0.15) is 24.5 Å². The quantitative estimate of drug-likeness (QED) is 0.726. The number of hydrogen-bond donors (Lipinski definition) is 1. The van der Waals surface area contributed by atoms with Crippen LogP contribution in [0.25, 0.3) is 0 Å². The Morgan fingerprint density at radius 2 is 1.62 bits per heavy atom. The highest BCUT2D eigenvalue weighted by Crippen LogP contribution is 2.17. The van der Waals surface area contributed by atoms with Crippen molar-refractivity contribution in [3.8, 4) is 5.75 Å². The van der Waals surface area contributed by atoms with Crippen molar-refractivity contribution >= 4 is 15.8 Å². The summed E-state index contributed by atoms with van der Waals surface area (Å²) in [4.78, 5) is 11.4. The standard InChI is InChI=1S/C20H24O5S/c1-3-17(20(21)22)14-16-4-8-18(9-5-16)25-13-12-15-6-10-19(11-7-15)26(2,23)24/h4-11,17H,3,12-14H2,1-2H3,(H,21,22). The van der Waals surface area contributed by atoms with Gasteiger partial charge in [-0.2, -0.15) is 0 Å². The second-order valence-corrected chi connectivity index (χ2v) is 8.32. The van der Waals surface area contributed by atoms with Gasteiger partial charge < -0.3 is 9.84 Å². The van der Waals surface area contributed by atoms with E-state index < -0.39 is 15.8 Å². The fourth-order valence-corrected chi connectivity index (χ4v) is 3.23. The number of rotatable bonds is 9. The molecule has 0 aliphatic heterocycles. The van der Waals surface area contributed by atoms with Crippen molar-refractivity contribution in [3.63, 3.8) is 0 Å². The summed E-state index contributed by atoms with van der Waals surface area (Å²) in [7, 11) is -3.17. The minimum atomic E-state index is -3.17. The maximum atomic E-state index is 11.4. The molecule has 1 atom stereocenters. The zero-order valence-corrected chi connectivity index (χ0v) is 15.8. The van der Waals surface area contributed by atoms with Gasteiger partial charge in [0, 0.05) is 12.7 Å². The fourth-order valence-electron chi connectivity index (χ4n) is 2.60. The Bertz CT molecular complexity index is 824. The molecule has 2 rings (SSSR count). The first kappa shape index (κ1) is 20.0. The summed E-state index contributed by atoms with van der Waals surface area (Å²) in [5.41, 5.74) is 1.98. The van der Waals surface area contributed by atoms with E-state index in [1.54, 1.807) is 24.3 Å². The third-order valence-corrected chi connectivity index (χ3v) is 5.39. The third kappa shape index (κ3) is 5.88. The highest BCUT2D eigenvalue weighted by molar-refractivity contribution is 7.90. The van der Waals surface area contributed by atoms with E-state index in [1.807, 2.05) is 31.2 Å². The molecule has 0 spiro atoms. The molecule has 0 saturated carbocycles. The summed E-state index contributed by atoms with van der Waals surface area (Å²) in [6, 6.07) is 14.3. The molecule has 0 radical (unpaired) electrons. The van der Waals surface area contributed by atoms with E-state index >= 15 is 0 Å². The van der Waals surface area contributed by atoms with Gasteiger partial charge in [0.25, 0.3) is 0 Å². The first-order chi connectivity index (χ1) is 12.3. The van der Waals surface area contributed by atoms with Crippen LogP contribution in [0, 0.1) is 5.92 Å². The maximum Gasteiger partial charge on any atom is 0.306 e. The van der Waals surface area contributed by atoms with Crippen LogP contribution in [-0.4, -0.2) is 32.4 Å². The van der Waals surface area contributed by atoms with Gasteiger partial charge in [-0.3, -0.25) is 4.79 Å². The lowest BCUT2D eigenvalue weighted by Gasteiger charge is -2.11. The smallest absolute Gasteiger partial charge is 0.306 e. The average Bonchev–Trinajstić information content (AvgIpc) is 2.60.